The molecule has 0 unspecified atom stereocenters. The number of carboxylic acids is 1. The lowest BCUT2D eigenvalue weighted by atomic mass is 9.95. The first-order valence-corrected chi connectivity index (χ1v) is 10.2. The molecule has 0 spiro atoms. The van der Waals surface area contributed by atoms with Crippen LogP contribution in [0.25, 0.3) is 5.76 Å². The Labute approximate surface area is 183 Å². The molecule has 1 amide bonds. The van der Waals surface area contributed by atoms with Crippen LogP contribution >= 0.6 is 11.6 Å². The van der Waals surface area contributed by atoms with E-state index >= 15 is 0 Å². The topological polar surface area (TPSA) is 94.9 Å². The van der Waals surface area contributed by atoms with Gasteiger partial charge >= 0.3 is 5.97 Å². The van der Waals surface area contributed by atoms with Gasteiger partial charge in [0.25, 0.3) is 11.7 Å². The highest BCUT2D eigenvalue weighted by atomic mass is 35.5. The molecule has 1 fully saturated rings. The average Bonchev–Trinajstić information content (AvgIpc) is 2.98. The van der Waals surface area contributed by atoms with E-state index in [-0.39, 0.29) is 24.1 Å². The molecule has 31 heavy (non-hydrogen) atoms. The molecule has 2 aromatic rings. The molecule has 1 atom stereocenters. The van der Waals surface area contributed by atoms with Crippen LogP contribution in [0.3, 0.4) is 0 Å². The van der Waals surface area contributed by atoms with Crippen molar-refractivity contribution in [2.75, 3.05) is 6.54 Å². The predicted octanol–water partition coefficient (Wildman–Crippen LogP) is 4.55. The fourth-order valence-corrected chi connectivity index (χ4v) is 3.87. The summed E-state index contributed by atoms with van der Waals surface area (Å²) in [6.45, 7) is 0.195. The molecule has 1 heterocycles. The van der Waals surface area contributed by atoms with Crippen LogP contribution in [0.5, 0.6) is 0 Å². The Balaban J connectivity index is 1.99. The second-order valence-corrected chi connectivity index (χ2v) is 7.63. The quantitative estimate of drug-likeness (QED) is 0.269. The maximum Gasteiger partial charge on any atom is 0.303 e. The molecule has 0 aliphatic carbocycles. The van der Waals surface area contributed by atoms with E-state index in [9.17, 15) is 23.9 Å². The van der Waals surface area contributed by atoms with Gasteiger partial charge in [0.2, 0.25) is 0 Å². The zero-order valence-corrected chi connectivity index (χ0v) is 17.3. The molecule has 0 radical (unpaired) electrons. The number of nitrogens with zero attached hydrogens (tertiary/aromatic N) is 1. The number of rotatable bonds is 8. The van der Waals surface area contributed by atoms with E-state index in [1.165, 1.54) is 17.0 Å². The summed E-state index contributed by atoms with van der Waals surface area (Å²) in [4.78, 5) is 37.7. The zero-order valence-electron chi connectivity index (χ0n) is 16.6. The molecule has 1 aliphatic rings. The molecule has 8 heteroatoms. The molecular formula is C23H21ClFNO5. The molecule has 0 aromatic heterocycles. The van der Waals surface area contributed by atoms with Crippen LogP contribution in [0.2, 0.25) is 5.02 Å². The summed E-state index contributed by atoms with van der Waals surface area (Å²) in [6, 6.07) is 10.8. The number of ketones is 1. The first-order chi connectivity index (χ1) is 14.8. The molecule has 162 valence electrons. The van der Waals surface area contributed by atoms with Crippen molar-refractivity contribution in [1.29, 1.82) is 0 Å². The van der Waals surface area contributed by atoms with E-state index in [4.69, 9.17) is 16.7 Å². The first kappa shape index (κ1) is 22.5. The molecule has 0 bridgehead atoms. The Hall–Kier alpha value is -3.19. The summed E-state index contributed by atoms with van der Waals surface area (Å²) in [7, 11) is 0. The van der Waals surface area contributed by atoms with Gasteiger partial charge in [0, 0.05) is 23.6 Å². The number of carbonyl (C=O) groups is 3. The number of halogens is 2. The van der Waals surface area contributed by atoms with Gasteiger partial charge in [-0.25, -0.2) is 4.39 Å². The van der Waals surface area contributed by atoms with Crippen molar-refractivity contribution in [2.24, 2.45) is 0 Å². The van der Waals surface area contributed by atoms with Crippen molar-refractivity contribution in [2.45, 2.75) is 31.7 Å². The maximum atomic E-state index is 13.3. The third-order valence-electron chi connectivity index (χ3n) is 5.15. The van der Waals surface area contributed by atoms with Crippen molar-refractivity contribution < 1.29 is 29.0 Å². The van der Waals surface area contributed by atoms with E-state index in [1.54, 1.807) is 24.3 Å². The third kappa shape index (κ3) is 4.94. The smallest absolute Gasteiger partial charge is 0.303 e. The Morgan fingerprint density at radius 2 is 1.68 bits per heavy atom. The largest absolute Gasteiger partial charge is 0.507 e. The molecule has 3 rings (SSSR count). The Morgan fingerprint density at radius 3 is 2.32 bits per heavy atom. The minimum Gasteiger partial charge on any atom is -0.507 e. The van der Waals surface area contributed by atoms with Crippen LogP contribution in [0, 0.1) is 5.82 Å². The van der Waals surface area contributed by atoms with Gasteiger partial charge in [-0.1, -0.05) is 36.2 Å². The molecule has 2 N–H and O–H groups in total. The lowest BCUT2D eigenvalue weighted by Gasteiger charge is -2.26. The van der Waals surface area contributed by atoms with Gasteiger partial charge in [-0.15, -0.1) is 0 Å². The number of aliphatic carboxylic acids is 1. The van der Waals surface area contributed by atoms with Gasteiger partial charge in [0.15, 0.2) is 0 Å². The van der Waals surface area contributed by atoms with Crippen molar-refractivity contribution in [3.05, 3.63) is 76.1 Å². The number of hydrogen-bond donors (Lipinski definition) is 2. The van der Waals surface area contributed by atoms with Crippen LogP contribution in [-0.4, -0.2) is 39.3 Å². The number of likely N-dealkylation sites (tertiary alicyclic amines) is 1. The number of unbranched alkanes of at least 4 members (excludes halogenated alkanes) is 2. The normalized spacial score (nSPS) is 17.9. The van der Waals surface area contributed by atoms with Crippen molar-refractivity contribution in [3.8, 4) is 0 Å². The predicted molar refractivity (Wildman–Crippen MR) is 113 cm³/mol. The number of aliphatic hydroxyl groups is 1. The lowest BCUT2D eigenvalue weighted by molar-refractivity contribution is -0.140. The number of carbonyl (C=O) groups excluding carboxylic acids is 2. The second kappa shape index (κ2) is 9.75. The van der Waals surface area contributed by atoms with Crippen LogP contribution < -0.4 is 0 Å². The van der Waals surface area contributed by atoms with Crippen LogP contribution in [0.4, 0.5) is 4.39 Å². The van der Waals surface area contributed by atoms with Gasteiger partial charge in [-0.3, -0.25) is 14.4 Å². The minimum atomic E-state index is -0.904. The first-order valence-electron chi connectivity index (χ1n) is 9.82. The fraction of sp³-hybridized carbons (Fsp3) is 0.261. The number of amides is 1. The highest BCUT2D eigenvalue weighted by molar-refractivity contribution is 6.47. The van der Waals surface area contributed by atoms with Gasteiger partial charge in [-0.05, 0) is 48.7 Å². The average molecular weight is 446 g/mol. The zero-order chi connectivity index (χ0) is 22.5. The number of Topliss-reactive ketones (excluding diaryl/α,β-unsaturated/α-hetero) is 1. The lowest BCUT2D eigenvalue weighted by Crippen LogP contribution is -2.30. The van der Waals surface area contributed by atoms with Crippen LogP contribution in [-0.2, 0) is 14.4 Å². The molecule has 1 saturated heterocycles. The highest BCUT2D eigenvalue weighted by Crippen LogP contribution is 2.41. The van der Waals surface area contributed by atoms with Gasteiger partial charge in [0.1, 0.15) is 11.6 Å². The summed E-state index contributed by atoms with van der Waals surface area (Å²) in [5.41, 5.74) is 0.575. The van der Waals surface area contributed by atoms with Crippen molar-refractivity contribution in [3.63, 3.8) is 0 Å². The Kier molecular flexibility index (Phi) is 7.07. The van der Waals surface area contributed by atoms with Crippen LogP contribution in [0.1, 0.15) is 42.9 Å². The molecule has 0 saturated carbocycles. The Morgan fingerprint density at radius 1 is 1.00 bits per heavy atom. The number of benzene rings is 2. The van der Waals surface area contributed by atoms with Crippen molar-refractivity contribution >= 4 is 35.0 Å². The van der Waals surface area contributed by atoms with Gasteiger partial charge in [-0.2, -0.15) is 0 Å². The molecule has 2 aromatic carbocycles. The Bertz CT molecular complexity index is 1030. The standard InChI is InChI=1S/C23H21ClFNO5/c24-17-7-4-3-6-16(17)20-19(21(29)14-9-11-15(25)12-10-14)22(30)23(31)26(20)13-5-1-2-8-18(27)28/h3-4,6-7,9-12,20,29H,1-2,5,8,13H2,(H,27,28)/t20-/m0/s1. The van der Waals surface area contributed by atoms with Crippen LogP contribution in [0.15, 0.2) is 54.1 Å². The van der Waals surface area contributed by atoms with Gasteiger partial charge in [0.05, 0.1) is 11.6 Å². The number of hydrogen-bond acceptors (Lipinski definition) is 4. The number of aliphatic hydroxyl groups excluding tert-OH is 1. The summed E-state index contributed by atoms with van der Waals surface area (Å²) < 4.78 is 13.3. The molecule has 1 aliphatic heterocycles. The summed E-state index contributed by atoms with van der Waals surface area (Å²) in [6.07, 6.45) is 1.52. The monoisotopic (exact) mass is 445 g/mol. The molecule has 6 nitrogen and oxygen atoms in total. The molecular weight excluding hydrogens is 425 g/mol. The SMILES string of the molecule is O=C(O)CCCCCN1C(=O)C(=O)C(=C(O)c2ccc(F)cc2)[C@@H]1c1ccccc1Cl. The summed E-state index contributed by atoms with van der Waals surface area (Å²) >= 11 is 6.35. The van der Waals surface area contributed by atoms with E-state index in [1.807, 2.05) is 0 Å². The van der Waals surface area contributed by atoms with E-state index < -0.39 is 35.3 Å². The maximum absolute atomic E-state index is 13.3. The second-order valence-electron chi connectivity index (χ2n) is 7.23. The van der Waals surface area contributed by atoms with Crippen molar-refractivity contribution in [1.82, 2.24) is 4.90 Å². The van der Waals surface area contributed by atoms with E-state index in [2.05, 4.69) is 0 Å². The highest BCUT2D eigenvalue weighted by Gasteiger charge is 2.46. The number of carboxylic acid groups (broad SMARTS) is 1. The van der Waals surface area contributed by atoms with Gasteiger partial charge < -0.3 is 15.1 Å². The fourth-order valence-electron chi connectivity index (χ4n) is 3.63. The van der Waals surface area contributed by atoms with E-state index in [0.717, 1.165) is 12.1 Å². The minimum absolute atomic E-state index is 0.0251. The summed E-state index contributed by atoms with van der Waals surface area (Å²) in [5.74, 6) is -3.42. The van der Waals surface area contributed by atoms with E-state index in [0.29, 0.717) is 29.8 Å². The third-order valence-corrected chi connectivity index (χ3v) is 5.49. The summed E-state index contributed by atoms with van der Waals surface area (Å²) in [5, 5.41) is 20.0.